The van der Waals surface area contributed by atoms with Gasteiger partial charge in [-0.05, 0) is 30.5 Å². The molecule has 150 valence electrons. The molecule has 2 aromatic carbocycles. The summed E-state index contributed by atoms with van der Waals surface area (Å²) >= 11 is 0. The number of benzene rings is 2. The van der Waals surface area contributed by atoms with Crippen molar-refractivity contribution in [1.29, 1.82) is 0 Å². The van der Waals surface area contributed by atoms with Crippen LogP contribution in [0.1, 0.15) is 37.6 Å². The number of carbonyl (C=O) groups excluding carboxylic acids is 1. The number of hydrogen-bond acceptors (Lipinski definition) is 5. The van der Waals surface area contributed by atoms with E-state index < -0.39 is 5.54 Å². The van der Waals surface area contributed by atoms with E-state index in [1.807, 2.05) is 48.2 Å². The molecule has 1 saturated heterocycles. The molecule has 1 fully saturated rings. The van der Waals surface area contributed by atoms with Gasteiger partial charge in [0.05, 0.1) is 0 Å². The first kappa shape index (κ1) is 19.3. The summed E-state index contributed by atoms with van der Waals surface area (Å²) in [5.41, 5.74) is 1.57. The second-order valence-corrected chi connectivity index (χ2v) is 7.45. The topological polar surface area (TPSA) is 78.0 Å². The van der Waals surface area contributed by atoms with Crippen molar-refractivity contribution >= 4 is 11.6 Å². The Hall–Kier alpha value is -3.06. The third-order valence-electron chi connectivity index (χ3n) is 5.69. The van der Waals surface area contributed by atoms with Crippen molar-refractivity contribution in [3.05, 3.63) is 72.1 Å². The van der Waals surface area contributed by atoms with Crippen LogP contribution >= 0.6 is 0 Å². The molecule has 1 aromatic heterocycles. The average molecular weight is 390 g/mol. The first-order valence-corrected chi connectivity index (χ1v) is 10.1. The second kappa shape index (κ2) is 8.53. The van der Waals surface area contributed by atoms with Gasteiger partial charge in [0.1, 0.15) is 5.54 Å². The number of amides is 1. The molecular weight excluding hydrogens is 364 g/mol. The third kappa shape index (κ3) is 3.91. The van der Waals surface area contributed by atoms with Crippen molar-refractivity contribution in [3.63, 3.8) is 0 Å². The molecule has 7 heteroatoms. The number of likely N-dealkylation sites (tertiary alicyclic amines) is 1. The zero-order chi connectivity index (χ0) is 20.1. The van der Waals surface area contributed by atoms with Crippen molar-refractivity contribution in [1.82, 2.24) is 25.5 Å². The van der Waals surface area contributed by atoms with Gasteiger partial charge in [0.25, 0.3) is 0 Å². The number of nitrogens with one attached hydrogen (secondary N) is 1. The second-order valence-electron chi connectivity index (χ2n) is 7.45. The summed E-state index contributed by atoms with van der Waals surface area (Å²) in [6, 6.07) is 20.3. The molecule has 0 atom stereocenters. The van der Waals surface area contributed by atoms with Gasteiger partial charge in [0, 0.05) is 31.7 Å². The highest BCUT2D eigenvalue weighted by Gasteiger charge is 2.47. The van der Waals surface area contributed by atoms with Crippen molar-refractivity contribution in [3.8, 4) is 0 Å². The molecule has 1 amide bonds. The molecule has 0 bridgehead atoms. The maximum atomic E-state index is 13.1. The smallest absolute Gasteiger partial charge is 0.227 e. The van der Waals surface area contributed by atoms with Gasteiger partial charge in [0.2, 0.25) is 11.7 Å². The molecule has 7 nitrogen and oxygen atoms in total. The predicted octanol–water partition coefficient (Wildman–Crippen LogP) is 3.13. The van der Waals surface area contributed by atoms with Gasteiger partial charge < -0.3 is 0 Å². The summed E-state index contributed by atoms with van der Waals surface area (Å²) in [7, 11) is 0. The molecule has 0 aliphatic carbocycles. The molecule has 0 saturated carbocycles. The number of para-hydroxylation sites is 1. The minimum atomic E-state index is -0.603. The van der Waals surface area contributed by atoms with E-state index in [-0.39, 0.29) is 5.91 Å². The fraction of sp³-hybridized carbons (Fsp3) is 0.364. The van der Waals surface area contributed by atoms with Crippen LogP contribution in [0.2, 0.25) is 0 Å². The Balaban J connectivity index is 1.65. The first-order valence-electron chi connectivity index (χ1n) is 10.1. The third-order valence-corrected chi connectivity index (χ3v) is 5.69. The minimum absolute atomic E-state index is 0.0671. The number of anilines is 1. The Bertz CT molecular complexity index is 905. The number of rotatable bonds is 6. The molecular formula is C22H26N6O. The minimum Gasteiger partial charge on any atom is -0.299 e. The van der Waals surface area contributed by atoms with E-state index in [1.165, 1.54) is 5.56 Å². The van der Waals surface area contributed by atoms with Gasteiger partial charge in [-0.3, -0.25) is 14.6 Å². The van der Waals surface area contributed by atoms with Crippen LogP contribution in [0.3, 0.4) is 0 Å². The van der Waals surface area contributed by atoms with Crippen LogP contribution in [0.25, 0.3) is 0 Å². The SMILES string of the molecule is CCC(=O)N(c1ccccc1)C1(c2nn[nH]n2)CCN(Cc2ccccc2)CC1. The Morgan fingerprint density at radius 1 is 1.07 bits per heavy atom. The van der Waals surface area contributed by atoms with Gasteiger partial charge in [-0.25, -0.2) is 0 Å². The highest BCUT2D eigenvalue weighted by molar-refractivity contribution is 5.94. The Kier molecular flexibility index (Phi) is 5.67. The van der Waals surface area contributed by atoms with E-state index in [9.17, 15) is 4.79 Å². The lowest BCUT2D eigenvalue weighted by molar-refractivity contribution is -0.120. The van der Waals surface area contributed by atoms with Crippen LogP contribution in [0, 0.1) is 0 Å². The lowest BCUT2D eigenvalue weighted by Crippen LogP contribution is -2.56. The molecule has 1 N–H and O–H groups in total. The lowest BCUT2D eigenvalue weighted by Gasteiger charge is -2.47. The molecule has 1 aliphatic rings. The molecule has 2 heterocycles. The monoisotopic (exact) mass is 390 g/mol. The number of tetrazole rings is 1. The Labute approximate surface area is 170 Å². The molecule has 3 aromatic rings. The summed E-state index contributed by atoms with van der Waals surface area (Å²) in [4.78, 5) is 17.4. The Morgan fingerprint density at radius 2 is 1.72 bits per heavy atom. The number of aromatic amines is 1. The van der Waals surface area contributed by atoms with Crippen molar-refractivity contribution in [2.75, 3.05) is 18.0 Å². The zero-order valence-corrected chi connectivity index (χ0v) is 16.7. The first-order chi connectivity index (χ1) is 14.2. The molecule has 29 heavy (non-hydrogen) atoms. The molecule has 4 rings (SSSR count). The van der Waals surface area contributed by atoms with Crippen LogP contribution < -0.4 is 4.90 Å². The summed E-state index contributed by atoms with van der Waals surface area (Å²) in [6.07, 6.45) is 1.92. The predicted molar refractivity (Wildman–Crippen MR) is 111 cm³/mol. The lowest BCUT2D eigenvalue weighted by atomic mass is 9.83. The van der Waals surface area contributed by atoms with Crippen LogP contribution in [0.5, 0.6) is 0 Å². The number of H-pyrrole nitrogens is 1. The zero-order valence-electron chi connectivity index (χ0n) is 16.7. The normalized spacial score (nSPS) is 16.4. The summed E-state index contributed by atoms with van der Waals surface area (Å²) < 4.78 is 0. The van der Waals surface area contributed by atoms with E-state index in [0.29, 0.717) is 12.2 Å². The van der Waals surface area contributed by atoms with Gasteiger partial charge in [-0.2, -0.15) is 5.21 Å². The van der Waals surface area contributed by atoms with E-state index in [2.05, 4.69) is 49.8 Å². The van der Waals surface area contributed by atoms with Crippen molar-refractivity contribution < 1.29 is 4.79 Å². The number of aromatic nitrogens is 4. The number of hydrogen-bond donors (Lipinski definition) is 1. The number of piperidine rings is 1. The molecule has 0 spiro atoms. The summed E-state index contributed by atoms with van der Waals surface area (Å²) in [6.45, 7) is 4.50. The summed E-state index contributed by atoms with van der Waals surface area (Å²) in [5, 5.41) is 15.0. The standard InChI is InChI=1S/C22H26N6O/c1-2-20(29)28(19-11-7-4-8-12-19)22(21-23-25-26-24-21)13-15-27(16-14-22)17-18-9-5-3-6-10-18/h3-12H,2,13-17H2,1H3,(H,23,24,25,26). The molecule has 0 unspecified atom stereocenters. The van der Waals surface area contributed by atoms with E-state index in [4.69, 9.17) is 0 Å². The van der Waals surface area contributed by atoms with Crippen LogP contribution in [0.15, 0.2) is 60.7 Å². The summed E-state index contributed by atoms with van der Waals surface area (Å²) in [5.74, 6) is 0.653. The van der Waals surface area contributed by atoms with Crippen LogP contribution in [-0.2, 0) is 16.9 Å². The average Bonchev–Trinajstić information content (AvgIpc) is 3.32. The Morgan fingerprint density at radius 3 is 2.31 bits per heavy atom. The number of nitrogens with zero attached hydrogens (tertiary/aromatic N) is 5. The largest absolute Gasteiger partial charge is 0.299 e. The fourth-order valence-electron chi connectivity index (χ4n) is 4.19. The fourth-order valence-corrected chi connectivity index (χ4v) is 4.19. The van der Waals surface area contributed by atoms with Gasteiger partial charge in [0.15, 0.2) is 0 Å². The number of carbonyl (C=O) groups is 1. The maximum absolute atomic E-state index is 13.1. The highest BCUT2D eigenvalue weighted by atomic mass is 16.2. The van der Waals surface area contributed by atoms with Gasteiger partial charge >= 0.3 is 0 Å². The van der Waals surface area contributed by atoms with Gasteiger partial charge in [-0.15, -0.1) is 10.2 Å². The molecule has 1 aliphatic heterocycles. The van der Waals surface area contributed by atoms with Crippen LogP contribution in [-0.4, -0.2) is 44.5 Å². The molecule has 0 radical (unpaired) electrons. The van der Waals surface area contributed by atoms with E-state index >= 15 is 0 Å². The van der Waals surface area contributed by atoms with E-state index in [0.717, 1.165) is 38.2 Å². The van der Waals surface area contributed by atoms with Crippen molar-refractivity contribution in [2.45, 2.75) is 38.3 Å². The van der Waals surface area contributed by atoms with Crippen LogP contribution in [0.4, 0.5) is 5.69 Å². The van der Waals surface area contributed by atoms with Crippen molar-refractivity contribution in [2.24, 2.45) is 0 Å². The maximum Gasteiger partial charge on any atom is 0.227 e. The highest BCUT2D eigenvalue weighted by Crippen LogP contribution is 2.40. The van der Waals surface area contributed by atoms with Gasteiger partial charge in [-0.1, -0.05) is 60.7 Å². The van der Waals surface area contributed by atoms with E-state index in [1.54, 1.807) is 0 Å². The quantitative estimate of drug-likeness (QED) is 0.700.